The summed E-state index contributed by atoms with van der Waals surface area (Å²) in [7, 11) is 0. The van der Waals surface area contributed by atoms with Crippen molar-refractivity contribution in [2.24, 2.45) is 0 Å². The number of benzene rings is 1. The summed E-state index contributed by atoms with van der Waals surface area (Å²) in [5.41, 5.74) is 4.27. The fourth-order valence-corrected chi connectivity index (χ4v) is 3.15. The SMILES string of the molecule is CSc1cc(C)c(C)c(SC)c1C. The maximum absolute atomic E-state index is 2.29. The lowest BCUT2D eigenvalue weighted by Crippen LogP contribution is -1.91. The molecule has 1 aromatic rings. The molecule has 0 aliphatic carbocycles. The maximum atomic E-state index is 2.29. The Balaban J connectivity index is 3.39. The van der Waals surface area contributed by atoms with Crippen molar-refractivity contribution >= 4 is 23.5 Å². The lowest BCUT2D eigenvalue weighted by molar-refractivity contribution is 1.10. The van der Waals surface area contributed by atoms with Gasteiger partial charge in [-0.05, 0) is 56.0 Å². The molecule has 0 aromatic heterocycles. The number of thioether (sulfide) groups is 2. The third-order valence-electron chi connectivity index (χ3n) is 2.41. The number of aryl methyl sites for hydroxylation is 1. The summed E-state index contributed by atoms with van der Waals surface area (Å²) >= 11 is 3.69. The molecular weight excluding hydrogens is 196 g/mol. The standard InChI is InChI=1S/C11H16S2/c1-7-6-10(12-4)9(3)11(13-5)8(7)2/h6H,1-5H3. The second-order valence-corrected chi connectivity index (χ2v) is 4.84. The van der Waals surface area contributed by atoms with Gasteiger partial charge in [0.05, 0.1) is 0 Å². The summed E-state index contributed by atoms with van der Waals surface area (Å²) in [6.45, 7) is 6.61. The zero-order valence-electron chi connectivity index (χ0n) is 8.89. The number of rotatable bonds is 2. The summed E-state index contributed by atoms with van der Waals surface area (Å²) < 4.78 is 0. The Morgan fingerprint density at radius 2 is 1.54 bits per heavy atom. The molecule has 0 radical (unpaired) electrons. The van der Waals surface area contributed by atoms with Crippen molar-refractivity contribution in [1.29, 1.82) is 0 Å². The third kappa shape index (κ3) is 2.05. The van der Waals surface area contributed by atoms with Crippen LogP contribution in [0.25, 0.3) is 0 Å². The van der Waals surface area contributed by atoms with Gasteiger partial charge in [-0.2, -0.15) is 0 Å². The summed E-state index contributed by atoms with van der Waals surface area (Å²) in [6.07, 6.45) is 4.29. The predicted octanol–water partition coefficient (Wildman–Crippen LogP) is 4.06. The van der Waals surface area contributed by atoms with E-state index < -0.39 is 0 Å². The Bertz CT molecular complexity index is 316. The third-order valence-corrected chi connectivity index (χ3v) is 4.30. The van der Waals surface area contributed by atoms with Crippen molar-refractivity contribution in [2.75, 3.05) is 12.5 Å². The minimum absolute atomic E-state index is 1.40. The molecule has 2 heteroatoms. The first-order valence-electron chi connectivity index (χ1n) is 4.30. The number of hydrogen-bond acceptors (Lipinski definition) is 2. The van der Waals surface area contributed by atoms with Crippen molar-refractivity contribution in [1.82, 2.24) is 0 Å². The van der Waals surface area contributed by atoms with Crippen LogP contribution < -0.4 is 0 Å². The Labute approximate surface area is 89.5 Å². The van der Waals surface area contributed by atoms with Crippen LogP contribution in [0.3, 0.4) is 0 Å². The van der Waals surface area contributed by atoms with Crippen LogP contribution in [0.5, 0.6) is 0 Å². The number of hydrogen-bond donors (Lipinski definition) is 0. The smallest absolute Gasteiger partial charge is 0.0141 e. The van der Waals surface area contributed by atoms with E-state index in [1.54, 1.807) is 0 Å². The van der Waals surface area contributed by atoms with E-state index in [2.05, 4.69) is 39.3 Å². The van der Waals surface area contributed by atoms with E-state index in [0.29, 0.717) is 0 Å². The molecule has 0 amide bonds. The molecular formula is C11H16S2. The van der Waals surface area contributed by atoms with Gasteiger partial charge in [0.2, 0.25) is 0 Å². The van der Waals surface area contributed by atoms with Crippen LogP contribution in [-0.4, -0.2) is 12.5 Å². The molecule has 1 rings (SSSR count). The summed E-state index contributed by atoms with van der Waals surface area (Å²) in [6, 6.07) is 2.29. The zero-order valence-corrected chi connectivity index (χ0v) is 10.5. The zero-order chi connectivity index (χ0) is 10.0. The van der Waals surface area contributed by atoms with E-state index in [1.807, 2.05) is 23.5 Å². The Morgan fingerprint density at radius 1 is 0.923 bits per heavy atom. The Morgan fingerprint density at radius 3 is 2.00 bits per heavy atom. The van der Waals surface area contributed by atoms with Crippen molar-refractivity contribution in [3.8, 4) is 0 Å². The van der Waals surface area contributed by atoms with Gasteiger partial charge in [0.1, 0.15) is 0 Å². The molecule has 0 aliphatic rings. The average molecular weight is 212 g/mol. The summed E-state index contributed by atoms with van der Waals surface area (Å²) in [4.78, 5) is 2.86. The topological polar surface area (TPSA) is 0 Å². The van der Waals surface area contributed by atoms with Crippen LogP contribution in [0.4, 0.5) is 0 Å². The van der Waals surface area contributed by atoms with Gasteiger partial charge in [0, 0.05) is 9.79 Å². The fraction of sp³-hybridized carbons (Fsp3) is 0.455. The highest BCUT2D eigenvalue weighted by molar-refractivity contribution is 7.99. The lowest BCUT2D eigenvalue weighted by Gasteiger charge is -2.13. The molecule has 0 spiro atoms. The monoisotopic (exact) mass is 212 g/mol. The van der Waals surface area contributed by atoms with Gasteiger partial charge in [-0.25, -0.2) is 0 Å². The second-order valence-electron chi connectivity index (χ2n) is 3.18. The van der Waals surface area contributed by atoms with E-state index in [9.17, 15) is 0 Å². The predicted molar refractivity (Wildman–Crippen MR) is 64.2 cm³/mol. The molecule has 0 atom stereocenters. The normalized spacial score (nSPS) is 10.5. The molecule has 0 saturated heterocycles. The molecule has 0 heterocycles. The van der Waals surface area contributed by atoms with Crippen LogP contribution in [0, 0.1) is 20.8 Å². The molecule has 0 unspecified atom stereocenters. The van der Waals surface area contributed by atoms with Crippen LogP contribution in [0.15, 0.2) is 15.9 Å². The molecule has 13 heavy (non-hydrogen) atoms. The van der Waals surface area contributed by atoms with E-state index in [1.165, 1.54) is 26.5 Å². The average Bonchev–Trinajstić information content (AvgIpc) is 2.12. The fourth-order valence-electron chi connectivity index (χ4n) is 1.50. The van der Waals surface area contributed by atoms with Gasteiger partial charge in [-0.15, -0.1) is 23.5 Å². The minimum Gasteiger partial charge on any atom is -0.129 e. The molecule has 0 aliphatic heterocycles. The summed E-state index contributed by atoms with van der Waals surface area (Å²) in [5, 5.41) is 0. The molecule has 0 bridgehead atoms. The van der Waals surface area contributed by atoms with Gasteiger partial charge in [-0.1, -0.05) is 0 Å². The molecule has 0 N–H and O–H groups in total. The van der Waals surface area contributed by atoms with Gasteiger partial charge < -0.3 is 0 Å². The van der Waals surface area contributed by atoms with Gasteiger partial charge in [0.25, 0.3) is 0 Å². The first-order valence-corrected chi connectivity index (χ1v) is 6.75. The van der Waals surface area contributed by atoms with Gasteiger partial charge in [-0.3, -0.25) is 0 Å². The van der Waals surface area contributed by atoms with Crippen LogP contribution in [0.1, 0.15) is 16.7 Å². The van der Waals surface area contributed by atoms with Gasteiger partial charge >= 0.3 is 0 Å². The van der Waals surface area contributed by atoms with Crippen molar-refractivity contribution in [3.63, 3.8) is 0 Å². The highest BCUT2D eigenvalue weighted by Crippen LogP contribution is 2.33. The Kier molecular flexibility index (Phi) is 3.74. The van der Waals surface area contributed by atoms with E-state index >= 15 is 0 Å². The first-order chi connectivity index (χ1) is 6.11. The van der Waals surface area contributed by atoms with Crippen LogP contribution in [0.2, 0.25) is 0 Å². The van der Waals surface area contributed by atoms with Crippen molar-refractivity contribution < 1.29 is 0 Å². The van der Waals surface area contributed by atoms with Gasteiger partial charge in [0.15, 0.2) is 0 Å². The molecule has 0 nitrogen and oxygen atoms in total. The molecule has 0 fully saturated rings. The van der Waals surface area contributed by atoms with E-state index in [4.69, 9.17) is 0 Å². The molecule has 0 saturated carbocycles. The Hall–Kier alpha value is -0.0800. The highest BCUT2D eigenvalue weighted by atomic mass is 32.2. The van der Waals surface area contributed by atoms with E-state index in [0.717, 1.165) is 0 Å². The quantitative estimate of drug-likeness (QED) is 0.678. The largest absolute Gasteiger partial charge is 0.129 e. The van der Waals surface area contributed by atoms with Crippen molar-refractivity contribution in [2.45, 2.75) is 30.6 Å². The van der Waals surface area contributed by atoms with Crippen molar-refractivity contribution in [3.05, 3.63) is 22.8 Å². The lowest BCUT2D eigenvalue weighted by atomic mass is 10.1. The van der Waals surface area contributed by atoms with Crippen LogP contribution >= 0.6 is 23.5 Å². The van der Waals surface area contributed by atoms with Crippen LogP contribution in [-0.2, 0) is 0 Å². The maximum Gasteiger partial charge on any atom is 0.0141 e. The molecule has 72 valence electrons. The second kappa shape index (κ2) is 4.43. The first kappa shape index (κ1) is 11.0. The minimum atomic E-state index is 1.40. The van der Waals surface area contributed by atoms with E-state index in [-0.39, 0.29) is 0 Å². The molecule has 1 aromatic carbocycles. The summed E-state index contributed by atoms with van der Waals surface area (Å²) in [5.74, 6) is 0. The highest BCUT2D eigenvalue weighted by Gasteiger charge is 2.08.